The number of carbonyl (C=O) groups excluding carboxylic acids is 1. The molecule has 1 aliphatic rings. The highest BCUT2D eigenvalue weighted by molar-refractivity contribution is 7.13. The molecule has 150 valence electrons. The lowest BCUT2D eigenvalue weighted by atomic mass is 10.1. The van der Waals surface area contributed by atoms with Gasteiger partial charge in [-0.05, 0) is 17.7 Å². The van der Waals surface area contributed by atoms with Gasteiger partial charge in [-0.1, -0.05) is 24.3 Å². The molecule has 0 unspecified atom stereocenters. The number of nitrogens with one attached hydrogen (secondary N) is 1. The monoisotopic (exact) mass is 408 g/mol. The third-order valence-corrected chi connectivity index (χ3v) is 5.79. The summed E-state index contributed by atoms with van der Waals surface area (Å²) >= 11 is 1.62. The van der Waals surface area contributed by atoms with Crippen molar-refractivity contribution in [2.45, 2.75) is 6.42 Å². The second kappa shape index (κ2) is 9.73. The first-order chi connectivity index (χ1) is 14.3. The summed E-state index contributed by atoms with van der Waals surface area (Å²) in [4.78, 5) is 23.3. The summed E-state index contributed by atoms with van der Waals surface area (Å²) in [5.41, 5.74) is 4.07. The van der Waals surface area contributed by atoms with Gasteiger partial charge in [-0.2, -0.15) is 0 Å². The van der Waals surface area contributed by atoms with Crippen molar-refractivity contribution in [1.82, 2.24) is 20.2 Å². The molecule has 4 rings (SSSR count). The molecule has 1 amide bonds. The molecule has 1 fully saturated rings. The van der Waals surface area contributed by atoms with E-state index in [2.05, 4.69) is 20.6 Å². The third kappa shape index (κ3) is 5.47. The number of nitrogens with zero attached hydrogens (tertiary/aromatic N) is 3. The van der Waals surface area contributed by atoms with Crippen molar-refractivity contribution >= 4 is 17.2 Å². The molecule has 1 aromatic carbocycles. The number of thiazole rings is 1. The van der Waals surface area contributed by atoms with Crippen LogP contribution in [0.4, 0.5) is 0 Å². The molecule has 0 saturated carbocycles. The maximum absolute atomic E-state index is 12.2. The Balaban J connectivity index is 1.29. The lowest BCUT2D eigenvalue weighted by Crippen LogP contribution is -2.41. The topological polar surface area (TPSA) is 67.4 Å². The van der Waals surface area contributed by atoms with Crippen LogP contribution in [-0.2, 0) is 16.0 Å². The number of amides is 1. The summed E-state index contributed by atoms with van der Waals surface area (Å²) in [5.74, 6) is 0.0552. The zero-order valence-electron chi connectivity index (χ0n) is 16.2. The molecule has 29 heavy (non-hydrogen) atoms. The zero-order chi connectivity index (χ0) is 19.9. The Morgan fingerprint density at radius 2 is 1.83 bits per heavy atom. The van der Waals surface area contributed by atoms with E-state index in [4.69, 9.17) is 9.72 Å². The van der Waals surface area contributed by atoms with Gasteiger partial charge in [-0.25, -0.2) is 4.98 Å². The van der Waals surface area contributed by atoms with Crippen molar-refractivity contribution < 1.29 is 9.53 Å². The Labute approximate surface area is 174 Å². The van der Waals surface area contributed by atoms with Gasteiger partial charge in [0, 0.05) is 55.1 Å². The van der Waals surface area contributed by atoms with Gasteiger partial charge < -0.3 is 10.1 Å². The van der Waals surface area contributed by atoms with Crippen LogP contribution in [0.3, 0.4) is 0 Å². The van der Waals surface area contributed by atoms with Crippen LogP contribution >= 0.6 is 11.3 Å². The van der Waals surface area contributed by atoms with Gasteiger partial charge in [0.05, 0.1) is 25.3 Å². The molecule has 6 nitrogen and oxygen atoms in total. The third-order valence-electron chi connectivity index (χ3n) is 4.90. The highest BCUT2D eigenvalue weighted by Crippen LogP contribution is 2.28. The van der Waals surface area contributed by atoms with Gasteiger partial charge in [0.2, 0.25) is 5.91 Å². The van der Waals surface area contributed by atoms with E-state index in [-0.39, 0.29) is 5.91 Å². The average molecular weight is 409 g/mol. The summed E-state index contributed by atoms with van der Waals surface area (Å²) in [5, 5.41) is 6.05. The second-order valence-electron chi connectivity index (χ2n) is 6.95. The van der Waals surface area contributed by atoms with Crippen LogP contribution in [0.15, 0.2) is 54.2 Å². The number of rotatable bonds is 7. The maximum atomic E-state index is 12.2. The standard InChI is InChI=1S/C22H24N4O2S/c27-21(24-9-10-26-11-13-28-14-12-26)15-17-1-3-18(4-2-17)20-16-29-22(25-20)19-5-7-23-8-6-19/h1-8,16H,9-15H2,(H,24,27). The SMILES string of the molecule is O=C(Cc1ccc(-c2csc(-c3ccncc3)n2)cc1)NCCN1CCOCC1. The fraction of sp³-hybridized carbons (Fsp3) is 0.318. The van der Waals surface area contributed by atoms with E-state index in [0.29, 0.717) is 13.0 Å². The van der Waals surface area contributed by atoms with Gasteiger partial charge in [-0.3, -0.25) is 14.7 Å². The molecule has 0 spiro atoms. The lowest BCUT2D eigenvalue weighted by Gasteiger charge is -2.26. The number of hydrogen-bond donors (Lipinski definition) is 1. The van der Waals surface area contributed by atoms with Gasteiger partial charge in [0.25, 0.3) is 0 Å². The first-order valence-electron chi connectivity index (χ1n) is 9.80. The van der Waals surface area contributed by atoms with Crippen LogP contribution in [0, 0.1) is 0 Å². The summed E-state index contributed by atoms with van der Waals surface area (Å²) in [6.07, 6.45) is 3.94. The van der Waals surface area contributed by atoms with Gasteiger partial charge in [0.15, 0.2) is 0 Å². The summed E-state index contributed by atoms with van der Waals surface area (Å²) < 4.78 is 5.34. The van der Waals surface area contributed by atoms with Crippen LogP contribution in [0.5, 0.6) is 0 Å². The van der Waals surface area contributed by atoms with Crippen molar-refractivity contribution in [2.75, 3.05) is 39.4 Å². The van der Waals surface area contributed by atoms with Crippen molar-refractivity contribution in [3.63, 3.8) is 0 Å². The van der Waals surface area contributed by atoms with E-state index in [1.165, 1.54) is 0 Å². The highest BCUT2D eigenvalue weighted by atomic mass is 32.1. The normalized spacial score (nSPS) is 14.6. The number of morpholine rings is 1. The van der Waals surface area contributed by atoms with Crippen LogP contribution in [-0.4, -0.2) is 60.2 Å². The first-order valence-corrected chi connectivity index (χ1v) is 10.7. The fourth-order valence-electron chi connectivity index (χ4n) is 3.25. The molecule has 3 heterocycles. The van der Waals surface area contributed by atoms with Crippen LogP contribution in [0.2, 0.25) is 0 Å². The Hall–Kier alpha value is -2.61. The summed E-state index contributed by atoms with van der Waals surface area (Å²) in [6, 6.07) is 12.0. The number of benzene rings is 1. The van der Waals surface area contributed by atoms with E-state index in [1.807, 2.05) is 36.4 Å². The van der Waals surface area contributed by atoms with Crippen molar-refractivity contribution in [3.05, 3.63) is 59.7 Å². The minimum Gasteiger partial charge on any atom is -0.379 e. The van der Waals surface area contributed by atoms with Gasteiger partial charge in [0.1, 0.15) is 5.01 Å². The second-order valence-corrected chi connectivity index (χ2v) is 7.81. The molecule has 7 heteroatoms. The highest BCUT2D eigenvalue weighted by Gasteiger charge is 2.11. The lowest BCUT2D eigenvalue weighted by molar-refractivity contribution is -0.120. The number of pyridine rings is 1. The molecule has 0 aliphatic carbocycles. The van der Waals surface area contributed by atoms with Gasteiger partial charge in [-0.15, -0.1) is 11.3 Å². The Morgan fingerprint density at radius 1 is 1.07 bits per heavy atom. The molecule has 3 aromatic rings. The van der Waals surface area contributed by atoms with Crippen molar-refractivity contribution in [1.29, 1.82) is 0 Å². The predicted molar refractivity (Wildman–Crippen MR) is 115 cm³/mol. The fourth-order valence-corrected chi connectivity index (χ4v) is 4.09. The van der Waals surface area contributed by atoms with E-state index >= 15 is 0 Å². The minimum atomic E-state index is 0.0552. The van der Waals surface area contributed by atoms with Crippen LogP contribution in [0.25, 0.3) is 21.8 Å². The smallest absolute Gasteiger partial charge is 0.224 e. The zero-order valence-corrected chi connectivity index (χ0v) is 17.0. The minimum absolute atomic E-state index is 0.0552. The molecular formula is C22H24N4O2S. The number of carbonyl (C=O) groups is 1. The van der Waals surface area contributed by atoms with E-state index in [9.17, 15) is 4.79 Å². The first kappa shape index (κ1) is 19.7. The number of aromatic nitrogens is 2. The molecule has 1 saturated heterocycles. The molecule has 0 atom stereocenters. The number of hydrogen-bond acceptors (Lipinski definition) is 6. The maximum Gasteiger partial charge on any atom is 0.224 e. The van der Waals surface area contributed by atoms with Gasteiger partial charge >= 0.3 is 0 Å². The predicted octanol–water partition coefficient (Wildman–Crippen LogP) is 2.86. The van der Waals surface area contributed by atoms with Crippen LogP contribution < -0.4 is 5.32 Å². The van der Waals surface area contributed by atoms with Crippen LogP contribution in [0.1, 0.15) is 5.56 Å². The molecular weight excluding hydrogens is 384 g/mol. The van der Waals surface area contributed by atoms with E-state index in [1.54, 1.807) is 23.7 Å². The molecule has 0 bridgehead atoms. The molecule has 1 N–H and O–H groups in total. The van der Waals surface area contributed by atoms with Crippen molar-refractivity contribution in [3.8, 4) is 21.8 Å². The summed E-state index contributed by atoms with van der Waals surface area (Å²) in [7, 11) is 0. The average Bonchev–Trinajstić information content (AvgIpc) is 3.26. The Kier molecular flexibility index (Phi) is 6.61. The quantitative estimate of drug-likeness (QED) is 0.651. The molecule has 1 aliphatic heterocycles. The molecule has 0 radical (unpaired) electrons. The van der Waals surface area contributed by atoms with E-state index < -0.39 is 0 Å². The Bertz CT molecular complexity index is 922. The van der Waals surface area contributed by atoms with Crippen molar-refractivity contribution in [2.24, 2.45) is 0 Å². The number of ether oxygens (including phenoxy) is 1. The Morgan fingerprint density at radius 3 is 2.59 bits per heavy atom. The van der Waals surface area contributed by atoms with E-state index in [0.717, 1.165) is 60.2 Å². The largest absolute Gasteiger partial charge is 0.379 e. The summed E-state index contributed by atoms with van der Waals surface area (Å²) in [6.45, 7) is 4.99. The molecule has 2 aromatic heterocycles.